The van der Waals surface area contributed by atoms with Gasteiger partial charge < -0.3 is 10.5 Å². The molecule has 0 saturated heterocycles. The van der Waals surface area contributed by atoms with Crippen LogP contribution in [0, 0.1) is 16.7 Å². The van der Waals surface area contributed by atoms with Crippen LogP contribution in [0.2, 0.25) is 0 Å². The lowest BCUT2D eigenvalue weighted by molar-refractivity contribution is 0.416. The van der Waals surface area contributed by atoms with Crippen LogP contribution in [0.1, 0.15) is 0 Å². The Morgan fingerprint density at radius 1 is 1.65 bits per heavy atom. The fourth-order valence-corrected chi connectivity index (χ4v) is 1.36. The number of ether oxygens (including phenoxy) is 1. The van der Waals surface area contributed by atoms with Crippen molar-refractivity contribution in [1.82, 2.24) is 0 Å². The monoisotopic (exact) mass is 295 g/mol. The normalized spacial score (nSPS) is 10.5. The molecule has 0 fully saturated rings. The summed E-state index contributed by atoms with van der Waals surface area (Å²) in [5.74, 6) is 0.167. The van der Waals surface area contributed by atoms with Gasteiger partial charge in [-0.15, -0.1) is 0 Å². The van der Waals surface area contributed by atoms with Gasteiger partial charge in [0.1, 0.15) is 11.8 Å². The first kappa shape index (κ1) is 13.0. The molecule has 0 radical (unpaired) electrons. The summed E-state index contributed by atoms with van der Waals surface area (Å²) in [5, 5.41) is 19.5. The number of nitrogens with one attached hydrogen (secondary N) is 2. The van der Waals surface area contributed by atoms with E-state index in [0.717, 1.165) is 4.47 Å². The minimum absolute atomic E-state index is 0.185. The van der Waals surface area contributed by atoms with E-state index in [1.54, 1.807) is 24.3 Å². The van der Waals surface area contributed by atoms with Crippen LogP contribution in [-0.4, -0.2) is 18.7 Å². The van der Waals surface area contributed by atoms with Gasteiger partial charge in [-0.25, -0.2) is 0 Å². The zero-order chi connectivity index (χ0) is 12.8. The SMILES string of the molecule is COc1cc(Br)ccc1N/N=C(\C#N)C(=N)N. The molecule has 17 heavy (non-hydrogen) atoms. The van der Waals surface area contributed by atoms with Crippen molar-refractivity contribution in [2.45, 2.75) is 0 Å². The van der Waals surface area contributed by atoms with Gasteiger partial charge in [0.2, 0.25) is 5.71 Å². The van der Waals surface area contributed by atoms with Crippen LogP contribution in [-0.2, 0) is 0 Å². The molecule has 0 unspecified atom stereocenters. The summed E-state index contributed by atoms with van der Waals surface area (Å²) in [4.78, 5) is 0. The molecule has 1 aromatic carbocycles. The highest BCUT2D eigenvalue weighted by Crippen LogP contribution is 2.27. The molecule has 0 spiro atoms. The average Bonchev–Trinajstić information content (AvgIpc) is 2.31. The summed E-state index contributed by atoms with van der Waals surface area (Å²) in [6.45, 7) is 0. The minimum atomic E-state index is -0.393. The van der Waals surface area contributed by atoms with Crippen molar-refractivity contribution in [2.75, 3.05) is 12.5 Å². The Morgan fingerprint density at radius 2 is 2.35 bits per heavy atom. The molecule has 6 nitrogen and oxygen atoms in total. The van der Waals surface area contributed by atoms with Crippen molar-refractivity contribution < 1.29 is 4.74 Å². The number of methoxy groups -OCH3 is 1. The van der Waals surface area contributed by atoms with Gasteiger partial charge in [0.15, 0.2) is 5.84 Å². The highest BCUT2D eigenvalue weighted by atomic mass is 79.9. The number of anilines is 1. The lowest BCUT2D eigenvalue weighted by Crippen LogP contribution is -2.21. The molecule has 0 bridgehead atoms. The number of nitrogens with two attached hydrogens (primary N) is 1. The molecule has 88 valence electrons. The van der Waals surface area contributed by atoms with Crippen LogP contribution < -0.4 is 15.9 Å². The molecule has 0 amide bonds. The molecule has 0 aromatic heterocycles. The molecule has 0 aliphatic carbocycles. The molecule has 0 atom stereocenters. The number of nitriles is 1. The van der Waals surface area contributed by atoms with Gasteiger partial charge in [0.25, 0.3) is 0 Å². The molecule has 0 saturated carbocycles. The maximum atomic E-state index is 8.66. The van der Waals surface area contributed by atoms with E-state index < -0.39 is 5.84 Å². The van der Waals surface area contributed by atoms with Gasteiger partial charge in [0.05, 0.1) is 12.8 Å². The Morgan fingerprint density at radius 3 is 2.88 bits per heavy atom. The van der Waals surface area contributed by atoms with Crippen molar-refractivity contribution in [3.63, 3.8) is 0 Å². The van der Waals surface area contributed by atoms with Gasteiger partial charge in [0, 0.05) is 4.47 Å². The van der Waals surface area contributed by atoms with Gasteiger partial charge in [-0.3, -0.25) is 10.8 Å². The lowest BCUT2D eigenvalue weighted by Gasteiger charge is -2.08. The quantitative estimate of drug-likeness (QED) is 0.446. The largest absolute Gasteiger partial charge is 0.494 e. The van der Waals surface area contributed by atoms with Crippen molar-refractivity contribution in [1.29, 1.82) is 10.7 Å². The molecule has 0 aliphatic heterocycles. The molecular formula is C10H10BrN5O. The van der Waals surface area contributed by atoms with Gasteiger partial charge in [-0.1, -0.05) is 15.9 Å². The third kappa shape index (κ3) is 3.46. The predicted octanol–water partition coefficient (Wildman–Crippen LogP) is 1.69. The molecule has 0 aliphatic rings. The van der Waals surface area contributed by atoms with E-state index in [4.69, 9.17) is 21.1 Å². The third-order valence-electron chi connectivity index (χ3n) is 1.81. The molecular weight excluding hydrogens is 286 g/mol. The Hall–Kier alpha value is -2.07. The lowest BCUT2D eigenvalue weighted by atomic mass is 10.3. The molecule has 0 heterocycles. The number of nitrogens with zero attached hydrogens (tertiary/aromatic N) is 2. The fraction of sp³-hybridized carbons (Fsp3) is 0.100. The number of halogens is 1. The summed E-state index contributed by atoms with van der Waals surface area (Å²) >= 11 is 3.30. The van der Waals surface area contributed by atoms with Crippen molar-refractivity contribution in [3.8, 4) is 11.8 Å². The van der Waals surface area contributed by atoms with E-state index in [-0.39, 0.29) is 5.71 Å². The third-order valence-corrected chi connectivity index (χ3v) is 2.31. The number of hydrogen-bond acceptors (Lipinski definition) is 5. The van der Waals surface area contributed by atoms with Crippen LogP contribution >= 0.6 is 15.9 Å². The Bertz CT molecular complexity index is 506. The fourth-order valence-electron chi connectivity index (χ4n) is 1.02. The van der Waals surface area contributed by atoms with E-state index >= 15 is 0 Å². The van der Waals surface area contributed by atoms with Crippen LogP contribution in [0.15, 0.2) is 27.8 Å². The van der Waals surface area contributed by atoms with Crippen molar-refractivity contribution >= 4 is 33.2 Å². The maximum absolute atomic E-state index is 8.66. The van der Waals surface area contributed by atoms with Crippen molar-refractivity contribution in [3.05, 3.63) is 22.7 Å². The van der Waals surface area contributed by atoms with Crippen LogP contribution in [0.25, 0.3) is 0 Å². The second-order valence-corrected chi connectivity index (χ2v) is 3.86. The number of hydrazone groups is 1. The Labute approximate surface area is 107 Å². The summed E-state index contributed by atoms with van der Waals surface area (Å²) in [6, 6.07) is 6.97. The van der Waals surface area contributed by atoms with Crippen LogP contribution in [0.3, 0.4) is 0 Å². The first-order valence-corrected chi connectivity index (χ1v) is 5.29. The van der Waals surface area contributed by atoms with E-state index in [9.17, 15) is 0 Å². The average molecular weight is 296 g/mol. The molecule has 1 aromatic rings. The van der Waals surface area contributed by atoms with E-state index in [2.05, 4.69) is 26.5 Å². The second kappa shape index (κ2) is 5.86. The van der Waals surface area contributed by atoms with Crippen molar-refractivity contribution in [2.24, 2.45) is 10.8 Å². The summed E-state index contributed by atoms with van der Waals surface area (Å²) in [7, 11) is 1.52. The topological polar surface area (TPSA) is 107 Å². The first-order chi connectivity index (χ1) is 8.08. The number of hydrogen-bond donors (Lipinski definition) is 3. The van der Waals surface area contributed by atoms with E-state index in [1.807, 2.05) is 0 Å². The standard InChI is InChI=1S/C10H10BrN5O/c1-17-9-4-6(11)2-3-7(9)15-16-8(5-12)10(13)14/h2-4,15H,1H3,(H3,13,14)/b16-8+. The number of rotatable bonds is 4. The second-order valence-electron chi connectivity index (χ2n) is 2.94. The first-order valence-electron chi connectivity index (χ1n) is 4.50. The summed E-state index contributed by atoms with van der Waals surface area (Å²) in [6.07, 6.45) is 0. The maximum Gasteiger partial charge on any atom is 0.201 e. The Balaban J connectivity index is 2.97. The summed E-state index contributed by atoms with van der Waals surface area (Å²) in [5.41, 5.74) is 8.17. The number of amidine groups is 1. The zero-order valence-corrected chi connectivity index (χ0v) is 10.6. The zero-order valence-electron chi connectivity index (χ0n) is 8.99. The molecule has 4 N–H and O–H groups in total. The Kier molecular flexibility index (Phi) is 4.48. The minimum Gasteiger partial charge on any atom is -0.494 e. The highest BCUT2D eigenvalue weighted by molar-refractivity contribution is 9.10. The predicted molar refractivity (Wildman–Crippen MR) is 69.3 cm³/mol. The van der Waals surface area contributed by atoms with Gasteiger partial charge in [-0.05, 0) is 18.2 Å². The number of benzene rings is 1. The van der Waals surface area contributed by atoms with E-state index in [0.29, 0.717) is 11.4 Å². The molecule has 7 heteroatoms. The molecule has 1 rings (SSSR count). The van der Waals surface area contributed by atoms with E-state index in [1.165, 1.54) is 7.11 Å². The summed E-state index contributed by atoms with van der Waals surface area (Å²) < 4.78 is 5.98. The smallest absolute Gasteiger partial charge is 0.201 e. The highest BCUT2D eigenvalue weighted by Gasteiger charge is 2.04. The van der Waals surface area contributed by atoms with Gasteiger partial charge >= 0.3 is 0 Å². The van der Waals surface area contributed by atoms with Gasteiger partial charge in [-0.2, -0.15) is 10.4 Å². The van der Waals surface area contributed by atoms with Crippen LogP contribution in [0.5, 0.6) is 5.75 Å². The van der Waals surface area contributed by atoms with Crippen LogP contribution in [0.4, 0.5) is 5.69 Å².